The Morgan fingerprint density at radius 3 is 0.947 bits per heavy atom. The molecular formula is C35H21NO21. The number of carboxylic acid groups (broad SMARTS) is 1. The third-order valence-corrected chi connectivity index (χ3v) is 7.38. The molecule has 57 heavy (non-hydrogen) atoms. The predicted octanol–water partition coefficient (Wildman–Crippen LogP) is 3.72. The highest BCUT2D eigenvalue weighted by Crippen LogP contribution is 2.43. The van der Waals surface area contributed by atoms with E-state index < -0.39 is 144 Å². The summed E-state index contributed by atoms with van der Waals surface area (Å²) in [5, 5.41) is 112. The molecule has 0 radical (unpaired) electrons. The van der Waals surface area contributed by atoms with Crippen molar-refractivity contribution in [2.24, 2.45) is 5.18 Å². The number of nitroso groups, excluding NO2 is 1. The summed E-state index contributed by atoms with van der Waals surface area (Å²) in [5.74, 6) is -21.5. The van der Waals surface area contributed by atoms with E-state index in [-0.39, 0.29) is 0 Å². The summed E-state index contributed by atoms with van der Waals surface area (Å²) in [6.07, 6.45) is 0. The number of nitrogens with zero attached hydrogens (tertiary/aromatic N) is 1. The maximum atomic E-state index is 13.1. The second-order valence-corrected chi connectivity index (χ2v) is 11.2. The van der Waals surface area contributed by atoms with Gasteiger partial charge in [-0.05, 0) is 65.8 Å². The number of benzene rings is 5. The zero-order chi connectivity index (χ0) is 42.0. The van der Waals surface area contributed by atoms with E-state index in [1.54, 1.807) is 0 Å². The molecular weight excluding hydrogens is 770 g/mol. The summed E-state index contributed by atoms with van der Waals surface area (Å²) in [6.45, 7) is 0. The van der Waals surface area contributed by atoms with Crippen molar-refractivity contribution < 1.29 is 99.1 Å². The van der Waals surface area contributed by atoms with E-state index >= 15 is 0 Å². The quantitative estimate of drug-likeness (QED) is 0.0415. The maximum absolute atomic E-state index is 13.1. The van der Waals surface area contributed by atoms with Gasteiger partial charge >= 0.3 is 29.8 Å². The Morgan fingerprint density at radius 1 is 0.368 bits per heavy atom. The highest BCUT2D eigenvalue weighted by molar-refractivity contribution is 5.98. The third-order valence-electron chi connectivity index (χ3n) is 7.38. The van der Waals surface area contributed by atoms with Crippen LogP contribution in [-0.4, -0.2) is 86.0 Å². The SMILES string of the molecule is O=Nc1c(O)cc(C(=O)O)cc1OC(=O)c1cc(O)c(O)c(OC(=O)c2cc(O)c(O)c(OC(=O)c3cc(O)c(O)c(OC(=O)c4cc(O)c(O)c(O)c4)c3)c2)c1. The number of esters is 4. The van der Waals surface area contributed by atoms with E-state index in [0.29, 0.717) is 60.7 Å². The molecule has 22 nitrogen and oxygen atoms in total. The van der Waals surface area contributed by atoms with Gasteiger partial charge in [-0.15, -0.1) is 4.91 Å². The van der Waals surface area contributed by atoms with Gasteiger partial charge in [-0.1, -0.05) is 0 Å². The van der Waals surface area contributed by atoms with Gasteiger partial charge in [0.2, 0.25) is 17.2 Å². The van der Waals surface area contributed by atoms with Gasteiger partial charge in [0.1, 0.15) is 5.75 Å². The van der Waals surface area contributed by atoms with E-state index in [1.807, 2.05) is 0 Å². The molecule has 5 rings (SSSR count). The number of aromatic hydroxyl groups is 10. The third kappa shape index (κ3) is 8.03. The number of hydrogen-bond acceptors (Lipinski definition) is 21. The lowest BCUT2D eigenvalue weighted by Gasteiger charge is -2.13. The number of hydrogen-bond donors (Lipinski definition) is 11. The first-order valence-corrected chi connectivity index (χ1v) is 15.0. The molecule has 0 fully saturated rings. The molecule has 0 heterocycles. The van der Waals surface area contributed by atoms with Crippen LogP contribution >= 0.6 is 0 Å². The number of rotatable bonds is 10. The number of carbonyl (C=O) groups excluding carboxylic acids is 4. The predicted molar refractivity (Wildman–Crippen MR) is 181 cm³/mol. The van der Waals surface area contributed by atoms with Crippen LogP contribution in [0.5, 0.6) is 80.5 Å². The Balaban J connectivity index is 1.38. The smallest absolute Gasteiger partial charge is 0.343 e. The van der Waals surface area contributed by atoms with Gasteiger partial charge in [-0.2, -0.15) is 0 Å². The van der Waals surface area contributed by atoms with Gasteiger partial charge < -0.3 is 75.1 Å². The molecule has 5 aromatic rings. The van der Waals surface area contributed by atoms with Crippen molar-refractivity contribution in [1.29, 1.82) is 0 Å². The second kappa shape index (κ2) is 15.2. The van der Waals surface area contributed by atoms with Crippen LogP contribution < -0.4 is 18.9 Å². The summed E-state index contributed by atoms with van der Waals surface area (Å²) < 4.78 is 19.9. The molecule has 0 saturated heterocycles. The van der Waals surface area contributed by atoms with Gasteiger partial charge in [0, 0.05) is 0 Å². The normalized spacial score (nSPS) is 10.6. The van der Waals surface area contributed by atoms with Crippen LogP contribution in [0.1, 0.15) is 51.8 Å². The molecule has 5 aromatic carbocycles. The lowest BCUT2D eigenvalue weighted by molar-refractivity contribution is 0.0686. The number of carbonyl (C=O) groups is 5. The van der Waals surface area contributed by atoms with E-state index in [1.165, 1.54) is 0 Å². The number of carboxylic acids is 1. The van der Waals surface area contributed by atoms with Gasteiger partial charge in [-0.25, -0.2) is 24.0 Å². The standard InChI is InChI=1S/C35H21NO21/c37-16-1-11(31(47)48)7-22(26(16)36-53)54-33(50)13-4-19(40)29(45)24(8-13)56-35(52)15-6-21(42)30(46)25(10-15)57-34(51)14-5-20(41)28(44)23(9-14)55-32(49)12-2-17(38)27(43)18(39)3-12/h1-10,37-46H,(H,47,48). The largest absolute Gasteiger partial charge is 0.505 e. The minimum absolute atomic E-state index is 0.566. The van der Waals surface area contributed by atoms with Crippen LogP contribution in [0.2, 0.25) is 0 Å². The Morgan fingerprint density at radius 2 is 0.632 bits per heavy atom. The average Bonchev–Trinajstić information content (AvgIpc) is 3.15. The molecule has 0 spiro atoms. The van der Waals surface area contributed by atoms with Crippen LogP contribution in [0, 0.1) is 4.91 Å². The highest BCUT2D eigenvalue weighted by Gasteiger charge is 2.26. The summed E-state index contributed by atoms with van der Waals surface area (Å²) in [5.41, 5.74) is -4.20. The van der Waals surface area contributed by atoms with Crippen molar-refractivity contribution in [3.63, 3.8) is 0 Å². The molecule has 0 aliphatic rings. The monoisotopic (exact) mass is 791 g/mol. The summed E-state index contributed by atoms with van der Waals surface area (Å²) in [4.78, 5) is 74.2. The lowest BCUT2D eigenvalue weighted by atomic mass is 10.1. The Bertz CT molecular complexity index is 2540. The van der Waals surface area contributed by atoms with Crippen LogP contribution in [-0.2, 0) is 0 Å². The van der Waals surface area contributed by atoms with Crippen LogP contribution in [0.3, 0.4) is 0 Å². The molecule has 22 heteroatoms. The molecule has 0 amide bonds. The van der Waals surface area contributed by atoms with Gasteiger partial charge in [0.25, 0.3) is 0 Å². The minimum atomic E-state index is -1.60. The number of aromatic carboxylic acids is 1. The van der Waals surface area contributed by atoms with Crippen LogP contribution in [0.4, 0.5) is 5.69 Å². The van der Waals surface area contributed by atoms with Gasteiger partial charge in [-0.3, -0.25) is 0 Å². The van der Waals surface area contributed by atoms with Crippen molar-refractivity contribution >= 4 is 35.5 Å². The number of ether oxygens (including phenoxy) is 4. The van der Waals surface area contributed by atoms with E-state index in [9.17, 15) is 85.1 Å². The van der Waals surface area contributed by atoms with Crippen molar-refractivity contribution in [3.8, 4) is 80.5 Å². The molecule has 0 aliphatic heterocycles. The van der Waals surface area contributed by atoms with Crippen LogP contribution in [0.15, 0.2) is 65.8 Å². The molecule has 0 aliphatic carbocycles. The first-order valence-electron chi connectivity index (χ1n) is 15.0. The minimum Gasteiger partial charge on any atom is -0.505 e. The van der Waals surface area contributed by atoms with Gasteiger partial charge in [0.05, 0.1) is 27.8 Å². The molecule has 0 atom stereocenters. The van der Waals surface area contributed by atoms with Crippen molar-refractivity contribution in [3.05, 3.63) is 93.4 Å². The second-order valence-electron chi connectivity index (χ2n) is 11.2. The summed E-state index contributed by atoms with van der Waals surface area (Å²) in [6, 6.07) is 6.35. The molecule has 0 saturated carbocycles. The fraction of sp³-hybridized carbons (Fsp3) is 0. The van der Waals surface area contributed by atoms with Gasteiger partial charge in [0.15, 0.2) is 63.2 Å². The molecule has 0 unspecified atom stereocenters. The Kier molecular flexibility index (Phi) is 10.5. The topological polar surface area (TPSA) is 374 Å². The van der Waals surface area contributed by atoms with E-state index in [0.717, 1.165) is 0 Å². The van der Waals surface area contributed by atoms with Crippen molar-refractivity contribution in [2.75, 3.05) is 0 Å². The zero-order valence-corrected chi connectivity index (χ0v) is 27.7. The van der Waals surface area contributed by atoms with Crippen molar-refractivity contribution in [1.82, 2.24) is 0 Å². The maximum Gasteiger partial charge on any atom is 0.343 e. The molecule has 0 bridgehead atoms. The zero-order valence-electron chi connectivity index (χ0n) is 27.7. The first kappa shape index (κ1) is 39.3. The number of phenolic OH excluding ortho intramolecular Hbond substituents is 10. The lowest BCUT2D eigenvalue weighted by Crippen LogP contribution is -2.13. The summed E-state index contributed by atoms with van der Waals surface area (Å²) >= 11 is 0. The molecule has 0 aromatic heterocycles. The fourth-order valence-corrected chi connectivity index (χ4v) is 4.61. The van der Waals surface area contributed by atoms with E-state index in [2.05, 4.69) is 5.18 Å². The number of phenols is 10. The molecule has 292 valence electrons. The van der Waals surface area contributed by atoms with E-state index in [4.69, 9.17) is 18.9 Å². The average molecular weight is 792 g/mol. The van der Waals surface area contributed by atoms with Crippen LogP contribution in [0.25, 0.3) is 0 Å². The Labute approximate surface area is 313 Å². The Hall–Kier alpha value is -8.95. The van der Waals surface area contributed by atoms with Crippen molar-refractivity contribution in [2.45, 2.75) is 0 Å². The first-order chi connectivity index (χ1) is 26.8. The highest BCUT2D eigenvalue weighted by atomic mass is 16.6. The summed E-state index contributed by atoms with van der Waals surface area (Å²) in [7, 11) is 0. The fourth-order valence-electron chi connectivity index (χ4n) is 4.61. The molecule has 11 N–H and O–H groups in total.